The van der Waals surface area contributed by atoms with Crippen LogP contribution in [-0.4, -0.2) is 33.0 Å². The Bertz CT molecular complexity index is 540. The first-order chi connectivity index (χ1) is 9.03. The molecule has 0 bridgehead atoms. The maximum absolute atomic E-state index is 11.8. The lowest BCUT2D eigenvalue weighted by molar-refractivity contribution is 0.591. The second-order valence-electron chi connectivity index (χ2n) is 5.10. The van der Waals surface area contributed by atoms with Crippen molar-refractivity contribution >= 4 is 21.2 Å². The van der Waals surface area contributed by atoms with Gasteiger partial charge in [0.2, 0.25) is 0 Å². The summed E-state index contributed by atoms with van der Waals surface area (Å²) in [5.74, 6) is 0.493. The molecule has 0 amide bonds. The van der Waals surface area contributed by atoms with Crippen LogP contribution in [0.2, 0.25) is 0 Å². The number of benzene rings is 1. The summed E-state index contributed by atoms with van der Waals surface area (Å²) in [6, 6.07) is 5.93. The number of hydrogen-bond donors (Lipinski definition) is 1. The van der Waals surface area contributed by atoms with Crippen LogP contribution in [0.15, 0.2) is 18.2 Å². The number of para-hydroxylation sites is 1. The minimum Gasteiger partial charge on any atom is -0.397 e. The molecular weight excluding hydrogens is 260 g/mol. The summed E-state index contributed by atoms with van der Waals surface area (Å²) in [7, 11) is -2.93. The molecule has 0 fully saturated rings. The Labute approximate surface area is 115 Å². The van der Waals surface area contributed by atoms with Crippen LogP contribution in [0.1, 0.15) is 25.3 Å². The van der Waals surface area contributed by atoms with Crippen LogP contribution < -0.4 is 10.6 Å². The van der Waals surface area contributed by atoms with E-state index in [1.54, 1.807) is 0 Å². The van der Waals surface area contributed by atoms with Crippen molar-refractivity contribution in [1.29, 1.82) is 0 Å². The standard InChI is InChI=1S/C14H22N2O2S/c1-2-10-19(17,18)11-9-16-8-4-6-12-5-3-7-13(15)14(12)16/h3,5,7H,2,4,6,8-11,15H2,1H3. The fourth-order valence-electron chi connectivity index (χ4n) is 2.66. The summed E-state index contributed by atoms with van der Waals surface area (Å²) in [6.45, 7) is 3.33. The third kappa shape index (κ3) is 3.41. The van der Waals surface area contributed by atoms with E-state index >= 15 is 0 Å². The van der Waals surface area contributed by atoms with E-state index in [4.69, 9.17) is 5.73 Å². The Balaban J connectivity index is 2.12. The minimum atomic E-state index is -2.93. The van der Waals surface area contributed by atoms with Gasteiger partial charge in [-0.15, -0.1) is 0 Å². The van der Waals surface area contributed by atoms with Crippen molar-refractivity contribution in [3.05, 3.63) is 23.8 Å². The van der Waals surface area contributed by atoms with Gasteiger partial charge in [-0.05, 0) is 30.9 Å². The Morgan fingerprint density at radius 3 is 2.84 bits per heavy atom. The first-order valence-electron chi connectivity index (χ1n) is 6.86. The van der Waals surface area contributed by atoms with Gasteiger partial charge in [-0.3, -0.25) is 0 Å². The molecule has 5 heteroatoms. The molecule has 0 saturated heterocycles. The number of aryl methyl sites for hydroxylation is 1. The number of hydrogen-bond acceptors (Lipinski definition) is 4. The second kappa shape index (κ2) is 5.82. The third-order valence-electron chi connectivity index (χ3n) is 3.53. The van der Waals surface area contributed by atoms with Gasteiger partial charge in [-0.1, -0.05) is 19.1 Å². The van der Waals surface area contributed by atoms with Gasteiger partial charge in [-0.25, -0.2) is 8.42 Å². The highest BCUT2D eigenvalue weighted by Crippen LogP contribution is 2.32. The first kappa shape index (κ1) is 14.2. The van der Waals surface area contributed by atoms with Crippen molar-refractivity contribution in [3.8, 4) is 0 Å². The molecule has 4 nitrogen and oxygen atoms in total. The van der Waals surface area contributed by atoms with Gasteiger partial charge >= 0.3 is 0 Å². The van der Waals surface area contributed by atoms with Crippen LogP contribution in [0.4, 0.5) is 11.4 Å². The van der Waals surface area contributed by atoms with E-state index in [0.717, 1.165) is 30.8 Å². The van der Waals surface area contributed by atoms with Crippen molar-refractivity contribution in [2.75, 3.05) is 35.2 Å². The van der Waals surface area contributed by atoms with Crippen LogP contribution in [0.3, 0.4) is 0 Å². The van der Waals surface area contributed by atoms with Gasteiger partial charge in [0.05, 0.1) is 17.1 Å². The smallest absolute Gasteiger partial charge is 0.152 e. The molecule has 0 aromatic heterocycles. The van der Waals surface area contributed by atoms with Gasteiger partial charge in [0, 0.05) is 18.8 Å². The largest absolute Gasteiger partial charge is 0.397 e. The van der Waals surface area contributed by atoms with E-state index in [1.807, 2.05) is 19.1 Å². The van der Waals surface area contributed by atoms with Crippen molar-refractivity contribution < 1.29 is 8.42 Å². The molecule has 1 aromatic rings. The highest BCUT2D eigenvalue weighted by molar-refractivity contribution is 7.91. The Morgan fingerprint density at radius 2 is 2.11 bits per heavy atom. The van der Waals surface area contributed by atoms with Gasteiger partial charge in [-0.2, -0.15) is 0 Å². The minimum absolute atomic E-state index is 0.217. The van der Waals surface area contributed by atoms with Gasteiger partial charge in [0.15, 0.2) is 9.84 Å². The van der Waals surface area contributed by atoms with Crippen LogP contribution in [0, 0.1) is 0 Å². The molecule has 0 spiro atoms. The lowest BCUT2D eigenvalue weighted by Gasteiger charge is -2.32. The zero-order valence-corrected chi connectivity index (χ0v) is 12.2. The van der Waals surface area contributed by atoms with Gasteiger partial charge in [0.1, 0.15) is 0 Å². The SMILES string of the molecule is CCCS(=O)(=O)CCN1CCCc2cccc(N)c21. The summed E-state index contributed by atoms with van der Waals surface area (Å²) in [6.07, 6.45) is 2.77. The van der Waals surface area contributed by atoms with Crippen molar-refractivity contribution in [1.82, 2.24) is 0 Å². The van der Waals surface area contributed by atoms with Crippen molar-refractivity contribution in [3.63, 3.8) is 0 Å². The molecule has 19 heavy (non-hydrogen) atoms. The maximum atomic E-state index is 11.8. The molecule has 0 saturated carbocycles. The van der Waals surface area contributed by atoms with Crippen LogP contribution in [-0.2, 0) is 16.3 Å². The van der Waals surface area contributed by atoms with Gasteiger partial charge in [0.25, 0.3) is 0 Å². The molecular formula is C14H22N2O2S. The second-order valence-corrected chi connectivity index (χ2v) is 7.40. The number of nitrogens with two attached hydrogens (primary N) is 1. The van der Waals surface area contributed by atoms with E-state index in [2.05, 4.69) is 11.0 Å². The summed E-state index contributed by atoms with van der Waals surface area (Å²) in [4.78, 5) is 2.13. The van der Waals surface area contributed by atoms with E-state index in [1.165, 1.54) is 5.56 Å². The molecule has 2 rings (SSSR count). The zero-order valence-electron chi connectivity index (χ0n) is 11.4. The van der Waals surface area contributed by atoms with Gasteiger partial charge < -0.3 is 10.6 Å². The van der Waals surface area contributed by atoms with E-state index in [9.17, 15) is 8.42 Å². The summed E-state index contributed by atoms with van der Waals surface area (Å²) >= 11 is 0. The van der Waals surface area contributed by atoms with Crippen molar-refractivity contribution in [2.24, 2.45) is 0 Å². The Hall–Kier alpha value is -1.23. The number of nitrogens with zero attached hydrogens (tertiary/aromatic N) is 1. The highest BCUT2D eigenvalue weighted by Gasteiger charge is 2.20. The highest BCUT2D eigenvalue weighted by atomic mass is 32.2. The lowest BCUT2D eigenvalue weighted by Crippen LogP contribution is -2.34. The average molecular weight is 282 g/mol. The van der Waals surface area contributed by atoms with Crippen LogP contribution in [0.5, 0.6) is 0 Å². The molecule has 0 atom stereocenters. The quantitative estimate of drug-likeness (QED) is 0.837. The summed E-state index contributed by atoms with van der Waals surface area (Å²) < 4.78 is 23.6. The molecule has 0 radical (unpaired) electrons. The molecule has 1 aliphatic rings. The molecule has 0 aliphatic carbocycles. The predicted octanol–water partition coefficient (Wildman–Crippen LogP) is 1.85. The molecule has 106 valence electrons. The fraction of sp³-hybridized carbons (Fsp3) is 0.571. The van der Waals surface area contributed by atoms with Crippen LogP contribution >= 0.6 is 0 Å². The summed E-state index contributed by atoms with van der Waals surface area (Å²) in [5, 5.41) is 0. The predicted molar refractivity (Wildman–Crippen MR) is 80.3 cm³/mol. The molecule has 2 N–H and O–H groups in total. The van der Waals surface area contributed by atoms with E-state index in [0.29, 0.717) is 13.0 Å². The first-order valence-corrected chi connectivity index (χ1v) is 8.68. The molecule has 0 unspecified atom stereocenters. The number of nitrogen functional groups attached to an aromatic ring is 1. The van der Waals surface area contributed by atoms with E-state index < -0.39 is 9.84 Å². The fourth-order valence-corrected chi connectivity index (χ4v) is 3.98. The Kier molecular flexibility index (Phi) is 4.34. The normalized spacial score (nSPS) is 15.3. The zero-order chi connectivity index (χ0) is 13.9. The average Bonchev–Trinajstić information content (AvgIpc) is 2.36. The summed E-state index contributed by atoms with van der Waals surface area (Å²) in [5.41, 5.74) is 9.07. The number of rotatable bonds is 5. The maximum Gasteiger partial charge on any atom is 0.152 e. The number of fused-ring (bicyclic) bond motifs is 1. The molecule has 1 heterocycles. The molecule has 1 aromatic carbocycles. The van der Waals surface area contributed by atoms with Crippen LogP contribution in [0.25, 0.3) is 0 Å². The topological polar surface area (TPSA) is 63.4 Å². The number of anilines is 2. The number of sulfone groups is 1. The van der Waals surface area contributed by atoms with E-state index in [-0.39, 0.29) is 11.5 Å². The monoisotopic (exact) mass is 282 g/mol. The third-order valence-corrected chi connectivity index (χ3v) is 5.36. The lowest BCUT2D eigenvalue weighted by atomic mass is 10.0. The Morgan fingerprint density at radius 1 is 1.32 bits per heavy atom. The molecule has 1 aliphatic heterocycles. The van der Waals surface area contributed by atoms with Crippen molar-refractivity contribution in [2.45, 2.75) is 26.2 Å².